The van der Waals surface area contributed by atoms with Crippen LogP contribution in [0.4, 0.5) is 0 Å². The lowest BCUT2D eigenvalue weighted by Gasteiger charge is -2.49. The van der Waals surface area contributed by atoms with E-state index in [0.29, 0.717) is 13.2 Å². The van der Waals surface area contributed by atoms with Gasteiger partial charge in [0.15, 0.2) is 16.1 Å². The predicted octanol–water partition coefficient (Wildman–Crippen LogP) is 5.89. The Balaban J connectivity index is 1.28. The highest BCUT2D eigenvalue weighted by atomic mass is 32.2. The quantitative estimate of drug-likeness (QED) is 0.206. The Morgan fingerprint density at radius 2 is 1.21 bits per heavy atom. The third-order valence-corrected chi connectivity index (χ3v) is 10.2. The van der Waals surface area contributed by atoms with Crippen molar-refractivity contribution in [3.8, 4) is 0 Å². The molecule has 7 nitrogen and oxygen atoms in total. The van der Waals surface area contributed by atoms with Gasteiger partial charge in [-0.25, -0.2) is 8.42 Å². The first-order chi connectivity index (χ1) is 21.0. The highest BCUT2D eigenvalue weighted by Crippen LogP contribution is 2.39. The summed E-state index contributed by atoms with van der Waals surface area (Å²) < 4.78 is 58.5. The monoisotopic (exact) mass is 618 g/mol. The molecule has 4 aromatic carbocycles. The van der Waals surface area contributed by atoms with Gasteiger partial charge in [0.2, 0.25) is 0 Å². The van der Waals surface area contributed by atoms with Crippen LogP contribution in [0.5, 0.6) is 0 Å². The molecule has 2 aliphatic rings. The summed E-state index contributed by atoms with van der Waals surface area (Å²) in [6.45, 7) is 0.855. The van der Waals surface area contributed by atoms with Crippen LogP contribution in [0.15, 0.2) is 131 Å². The van der Waals surface area contributed by atoms with E-state index in [1.807, 2.05) is 91.0 Å². The van der Waals surface area contributed by atoms with Gasteiger partial charge in [0.1, 0.15) is 35.6 Å². The van der Waals surface area contributed by atoms with E-state index in [4.69, 9.17) is 23.7 Å². The van der Waals surface area contributed by atoms with Crippen LogP contribution in [0, 0.1) is 0 Å². The summed E-state index contributed by atoms with van der Waals surface area (Å²) in [5, 5.41) is 0. The van der Waals surface area contributed by atoms with Gasteiger partial charge in [-0.15, -0.1) is 0 Å². The summed E-state index contributed by atoms with van der Waals surface area (Å²) in [5.74, 6) is -0.316. The van der Waals surface area contributed by atoms with E-state index < -0.39 is 46.0 Å². The summed E-state index contributed by atoms with van der Waals surface area (Å²) in [6, 6.07) is 38.2. The zero-order valence-electron chi connectivity index (χ0n) is 23.5. The van der Waals surface area contributed by atoms with Crippen molar-refractivity contribution in [1.29, 1.82) is 0 Å². The van der Waals surface area contributed by atoms with Crippen LogP contribution in [-0.4, -0.2) is 56.9 Å². The third-order valence-electron chi connectivity index (χ3n) is 7.37. The van der Waals surface area contributed by atoms with Crippen molar-refractivity contribution in [3.05, 3.63) is 132 Å². The number of sulfone groups is 1. The van der Waals surface area contributed by atoms with Crippen LogP contribution in [0.25, 0.3) is 0 Å². The molecule has 2 heterocycles. The summed E-state index contributed by atoms with van der Waals surface area (Å²) in [6.07, 6.45) is -3.16. The molecule has 6 rings (SSSR count). The van der Waals surface area contributed by atoms with Gasteiger partial charge >= 0.3 is 0 Å². The largest absolute Gasteiger partial charge is 0.368 e. The average Bonchev–Trinajstić information content (AvgIpc) is 3.05. The maximum atomic E-state index is 13.2. The topological polar surface area (TPSA) is 80.3 Å². The molecule has 0 amide bonds. The van der Waals surface area contributed by atoms with E-state index in [0.717, 1.165) is 16.0 Å². The molecule has 0 aromatic heterocycles. The third kappa shape index (κ3) is 7.74. The van der Waals surface area contributed by atoms with Gasteiger partial charge in [-0.2, -0.15) is 0 Å². The SMILES string of the molecule is O=S(=O)(CC1OC[C@H]2O[C@@H](Sc3ccccc3)[C@H](OCc3ccccc3)[C@@H](OCc3ccccc3)[C@@H]2O1)c1ccccc1. The number of hydrogen-bond acceptors (Lipinski definition) is 8. The molecule has 0 N–H and O–H groups in total. The molecule has 2 aliphatic heterocycles. The van der Waals surface area contributed by atoms with Gasteiger partial charge < -0.3 is 23.7 Å². The average molecular weight is 619 g/mol. The van der Waals surface area contributed by atoms with Crippen molar-refractivity contribution in [2.45, 2.75) is 59.1 Å². The lowest BCUT2D eigenvalue weighted by atomic mass is 9.98. The highest BCUT2D eigenvalue weighted by molar-refractivity contribution is 7.99. The van der Waals surface area contributed by atoms with Crippen molar-refractivity contribution in [3.63, 3.8) is 0 Å². The van der Waals surface area contributed by atoms with Gasteiger partial charge in [0, 0.05) is 4.90 Å². The minimum atomic E-state index is -3.65. The molecule has 6 atom stereocenters. The normalized spacial score (nSPS) is 25.6. The molecule has 9 heteroatoms. The predicted molar refractivity (Wildman–Crippen MR) is 164 cm³/mol. The minimum absolute atomic E-state index is 0.169. The van der Waals surface area contributed by atoms with Crippen LogP contribution >= 0.6 is 11.8 Å². The standard InChI is InChI=1S/C34H34O7S2/c35-43(36,28-19-11-4-12-20-28)24-30-37-23-29-31(41-30)32(38-21-25-13-5-1-6-14-25)33(39-22-26-15-7-2-8-16-26)34(40-29)42-27-17-9-3-10-18-27/h1-20,29-34H,21-24H2/t29-,30?,31-,32+,33-,34+/m1/s1. The van der Waals surface area contributed by atoms with Crippen molar-refractivity contribution in [1.82, 2.24) is 0 Å². The van der Waals surface area contributed by atoms with Crippen LogP contribution in [0.3, 0.4) is 0 Å². The second-order valence-corrected chi connectivity index (χ2v) is 13.7. The van der Waals surface area contributed by atoms with Crippen LogP contribution in [-0.2, 0) is 46.7 Å². The Hall–Kier alpha value is -3.02. The summed E-state index contributed by atoms with van der Waals surface area (Å²) in [4.78, 5) is 1.26. The molecule has 43 heavy (non-hydrogen) atoms. The Kier molecular flexibility index (Phi) is 9.90. The number of fused-ring (bicyclic) bond motifs is 1. The molecule has 2 saturated heterocycles. The van der Waals surface area contributed by atoms with Crippen LogP contribution in [0.1, 0.15) is 11.1 Å². The first kappa shape index (κ1) is 30.0. The molecule has 2 fully saturated rings. The number of ether oxygens (including phenoxy) is 5. The summed E-state index contributed by atoms with van der Waals surface area (Å²) in [5.41, 5.74) is 1.61. The number of benzene rings is 4. The minimum Gasteiger partial charge on any atom is -0.368 e. The molecule has 4 aromatic rings. The fraction of sp³-hybridized carbons (Fsp3) is 0.294. The lowest BCUT2D eigenvalue weighted by Crippen LogP contribution is -2.63. The Morgan fingerprint density at radius 1 is 0.674 bits per heavy atom. The van der Waals surface area contributed by atoms with E-state index in [1.165, 1.54) is 0 Å². The zero-order chi connectivity index (χ0) is 29.5. The van der Waals surface area contributed by atoms with Crippen molar-refractivity contribution in [2.75, 3.05) is 12.4 Å². The fourth-order valence-corrected chi connectivity index (χ4v) is 7.66. The van der Waals surface area contributed by atoms with Crippen molar-refractivity contribution in [2.24, 2.45) is 0 Å². The first-order valence-corrected chi connectivity index (χ1v) is 16.8. The molecular formula is C34H34O7S2. The highest BCUT2D eigenvalue weighted by Gasteiger charge is 2.52. The Labute approximate surface area is 257 Å². The van der Waals surface area contributed by atoms with E-state index in [9.17, 15) is 8.42 Å². The fourth-order valence-electron chi connectivity index (χ4n) is 5.21. The van der Waals surface area contributed by atoms with Crippen LogP contribution < -0.4 is 0 Å². The molecule has 0 aliphatic carbocycles. The molecule has 0 spiro atoms. The molecule has 0 saturated carbocycles. The second kappa shape index (κ2) is 14.2. The summed E-state index contributed by atoms with van der Waals surface area (Å²) in [7, 11) is -3.65. The van der Waals surface area contributed by atoms with Gasteiger partial charge in [0.05, 0.1) is 24.7 Å². The number of hydrogen-bond donors (Lipinski definition) is 0. The number of thioether (sulfide) groups is 1. The van der Waals surface area contributed by atoms with Gasteiger partial charge in [-0.05, 0) is 35.4 Å². The van der Waals surface area contributed by atoms with Gasteiger partial charge in [-0.3, -0.25) is 0 Å². The first-order valence-electron chi connectivity index (χ1n) is 14.3. The molecular weight excluding hydrogens is 585 g/mol. The molecule has 0 radical (unpaired) electrons. The Bertz CT molecular complexity index is 1520. The summed E-state index contributed by atoms with van der Waals surface area (Å²) >= 11 is 1.56. The molecule has 1 unspecified atom stereocenters. The van der Waals surface area contributed by atoms with Crippen molar-refractivity contribution >= 4 is 21.6 Å². The maximum Gasteiger partial charge on any atom is 0.183 e. The molecule has 0 bridgehead atoms. The van der Waals surface area contributed by atoms with E-state index in [2.05, 4.69) is 0 Å². The van der Waals surface area contributed by atoms with E-state index in [1.54, 1.807) is 42.1 Å². The molecule has 224 valence electrons. The second-order valence-electron chi connectivity index (χ2n) is 10.5. The maximum absolute atomic E-state index is 13.2. The van der Waals surface area contributed by atoms with Crippen molar-refractivity contribution < 1.29 is 32.1 Å². The lowest BCUT2D eigenvalue weighted by molar-refractivity contribution is -0.321. The Morgan fingerprint density at radius 3 is 1.81 bits per heavy atom. The van der Waals surface area contributed by atoms with Gasteiger partial charge in [-0.1, -0.05) is 109 Å². The van der Waals surface area contributed by atoms with Gasteiger partial charge in [0.25, 0.3) is 0 Å². The van der Waals surface area contributed by atoms with E-state index >= 15 is 0 Å². The van der Waals surface area contributed by atoms with Crippen LogP contribution in [0.2, 0.25) is 0 Å². The van der Waals surface area contributed by atoms with E-state index in [-0.39, 0.29) is 17.3 Å². The zero-order valence-corrected chi connectivity index (χ0v) is 25.1. The number of rotatable bonds is 11. The smallest absolute Gasteiger partial charge is 0.183 e.